The summed E-state index contributed by atoms with van der Waals surface area (Å²) in [4.78, 5) is 0. The van der Waals surface area contributed by atoms with Crippen molar-refractivity contribution in [3.63, 3.8) is 0 Å². The van der Waals surface area contributed by atoms with Crippen molar-refractivity contribution in [2.45, 2.75) is 0 Å². The average molecular weight is 583 g/mol. The number of aromatic hydroxyl groups is 1. The van der Waals surface area contributed by atoms with Crippen molar-refractivity contribution in [2.75, 3.05) is 22.6 Å². The Hall–Kier alpha value is -1.56. The number of alkyl halides is 3. The highest BCUT2D eigenvalue weighted by molar-refractivity contribution is 9.12. The standard InChI is InChI=1S/C12H11BrO.C10H8O.C2H4Br2/c13-7-8-14-12-6-5-10-3-1-2-4-11(10)9-12;11-10-6-5-8-3-1-2-4-9(8)7-10;3-1-2-4/h1-6,9H,7-8H2;1-7,11H;1-2H2. The Morgan fingerprint density at radius 3 is 1.66 bits per heavy atom. The Labute approximate surface area is 197 Å². The molecule has 2 nitrogen and oxygen atoms in total. The summed E-state index contributed by atoms with van der Waals surface area (Å²) in [6.07, 6.45) is 0. The molecular formula is C24H23Br3O2. The van der Waals surface area contributed by atoms with Gasteiger partial charge in [-0.15, -0.1) is 0 Å². The van der Waals surface area contributed by atoms with Crippen molar-refractivity contribution >= 4 is 69.3 Å². The molecule has 0 aromatic heterocycles. The highest BCUT2D eigenvalue weighted by Gasteiger charge is 1.95. The molecule has 1 N–H and O–H groups in total. The molecule has 0 heterocycles. The first-order valence-electron chi connectivity index (χ1n) is 9.15. The number of hydrogen-bond acceptors (Lipinski definition) is 2. The van der Waals surface area contributed by atoms with E-state index in [0.29, 0.717) is 12.4 Å². The van der Waals surface area contributed by atoms with Crippen LogP contribution in [0.25, 0.3) is 21.5 Å². The smallest absolute Gasteiger partial charge is 0.119 e. The Balaban J connectivity index is 0.000000179. The lowest BCUT2D eigenvalue weighted by atomic mass is 10.1. The van der Waals surface area contributed by atoms with Gasteiger partial charge in [0.2, 0.25) is 0 Å². The van der Waals surface area contributed by atoms with Crippen LogP contribution >= 0.6 is 47.8 Å². The fourth-order valence-corrected chi connectivity index (χ4v) is 2.75. The van der Waals surface area contributed by atoms with Crippen molar-refractivity contribution < 1.29 is 9.84 Å². The number of fused-ring (bicyclic) bond motifs is 2. The lowest BCUT2D eigenvalue weighted by Crippen LogP contribution is -1.97. The molecule has 0 fully saturated rings. The second-order valence-electron chi connectivity index (χ2n) is 5.96. The largest absolute Gasteiger partial charge is 0.508 e. The van der Waals surface area contributed by atoms with Gasteiger partial charge in [-0.3, -0.25) is 0 Å². The fraction of sp³-hybridized carbons (Fsp3) is 0.167. The minimum absolute atomic E-state index is 0.323. The van der Waals surface area contributed by atoms with Gasteiger partial charge in [-0.1, -0.05) is 108 Å². The molecule has 0 unspecified atom stereocenters. The first kappa shape index (κ1) is 23.7. The van der Waals surface area contributed by atoms with Crippen LogP contribution < -0.4 is 4.74 Å². The van der Waals surface area contributed by atoms with Crippen LogP contribution in [0.15, 0.2) is 84.9 Å². The number of rotatable bonds is 4. The maximum atomic E-state index is 9.13. The van der Waals surface area contributed by atoms with Gasteiger partial charge >= 0.3 is 0 Å². The molecule has 4 aromatic carbocycles. The van der Waals surface area contributed by atoms with Crippen LogP contribution in [-0.2, 0) is 0 Å². The van der Waals surface area contributed by atoms with Gasteiger partial charge in [-0.25, -0.2) is 0 Å². The maximum absolute atomic E-state index is 9.13. The van der Waals surface area contributed by atoms with Crippen molar-refractivity contribution in [3.8, 4) is 11.5 Å². The Morgan fingerprint density at radius 1 is 0.586 bits per heavy atom. The monoisotopic (exact) mass is 580 g/mol. The fourth-order valence-electron chi connectivity index (χ4n) is 2.59. The molecule has 0 spiro atoms. The third-order valence-corrected chi connectivity index (χ3v) is 6.05. The zero-order valence-corrected chi connectivity index (χ0v) is 20.7. The predicted molar refractivity (Wildman–Crippen MR) is 136 cm³/mol. The van der Waals surface area contributed by atoms with Crippen molar-refractivity contribution in [3.05, 3.63) is 84.9 Å². The number of hydrogen-bond donors (Lipinski definition) is 1. The van der Waals surface area contributed by atoms with E-state index in [4.69, 9.17) is 9.84 Å². The summed E-state index contributed by atoms with van der Waals surface area (Å²) in [6, 6.07) is 27.7. The molecule has 0 saturated heterocycles. The first-order chi connectivity index (χ1) is 14.2. The van der Waals surface area contributed by atoms with E-state index in [1.807, 2.05) is 48.5 Å². The van der Waals surface area contributed by atoms with Gasteiger partial charge in [-0.2, -0.15) is 0 Å². The van der Waals surface area contributed by atoms with Crippen LogP contribution in [0.5, 0.6) is 11.5 Å². The minimum atomic E-state index is 0.323. The van der Waals surface area contributed by atoms with E-state index in [2.05, 4.69) is 72.1 Å². The summed E-state index contributed by atoms with van der Waals surface area (Å²) in [5.41, 5.74) is 0. The van der Waals surface area contributed by atoms with E-state index >= 15 is 0 Å². The third kappa shape index (κ3) is 8.37. The van der Waals surface area contributed by atoms with Crippen LogP contribution in [0.4, 0.5) is 0 Å². The van der Waals surface area contributed by atoms with Crippen LogP contribution in [-0.4, -0.2) is 27.7 Å². The molecule has 0 saturated carbocycles. The minimum Gasteiger partial charge on any atom is -0.508 e. The van der Waals surface area contributed by atoms with E-state index < -0.39 is 0 Å². The van der Waals surface area contributed by atoms with E-state index in [1.54, 1.807) is 12.1 Å². The molecule has 0 aliphatic carbocycles. The van der Waals surface area contributed by atoms with Gasteiger partial charge < -0.3 is 9.84 Å². The Morgan fingerprint density at radius 2 is 1.10 bits per heavy atom. The summed E-state index contributed by atoms with van der Waals surface area (Å²) in [5.74, 6) is 1.26. The SMILES string of the molecule is BrCCBr.BrCCOc1ccc2ccccc2c1.Oc1ccc2ccccc2c1. The quantitative estimate of drug-likeness (QED) is 0.248. The van der Waals surface area contributed by atoms with E-state index in [0.717, 1.165) is 32.5 Å². The van der Waals surface area contributed by atoms with E-state index in [9.17, 15) is 0 Å². The van der Waals surface area contributed by atoms with Crippen molar-refractivity contribution in [1.82, 2.24) is 0 Å². The highest BCUT2D eigenvalue weighted by Crippen LogP contribution is 2.20. The van der Waals surface area contributed by atoms with Crippen molar-refractivity contribution in [2.24, 2.45) is 0 Å². The lowest BCUT2D eigenvalue weighted by molar-refractivity contribution is 0.345. The molecule has 0 atom stereocenters. The normalized spacial score (nSPS) is 9.90. The summed E-state index contributed by atoms with van der Waals surface area (Å²) < 4.78 is 5.52. The number of phenols is 1. The zero-order chi connectivity index (χ0) is 20.9. The number of phenolic OH excluding ortho intramolecular Hbond substituents is 1. The topological polar surface area (TPSA) is 29.5 Å². The summed E-state index contributed by atoms with van der Waals surface area (Å²) in [5, 5.41) is 16.8. The number of halogens is 3. The summed E-state index contributed by atoms with van der Waals surface area (Å²) in [7, 11) is 0. The third-order valence-electron chi connectivity index (χ3n) is 3.87. The molecule has 29 heavy (non-hydrogen) atoms. The molecule has 0 radical (unpaired) electrons. The van der Waals surface area contributed by atoms with Gasteiger partial charge in [0, 0.05) is 16.0 Å². The van der Waals surface area contributed by atoms with Crippen LogP contribution in [0.1, 0.15) is 0 Å². The second kappa shape index (κ2) is 13.6. The molecule has 0 amide bonds. The average Bonchev–Trinajstić information content (AvgIpc) is 2.78. The Bertz CT molecular complexity index is 1000. The molecule has 0 aliphatic rings. The van der Waals surface area contributed by atoms with Crippen LogP contribution in [0, 0.1) is 0 Å². The molecule has 152 valence electrons. The van der Waals surface area contributed by atoms with Crippen LogP contribution in [0.3, 0.4) is 0 Å². The molecule has 0 aliphatic heterocycles. The van der Waals surface area contributed by atoms with Gasteiger partial charge in [0.15, 0.2) is 0 Å². The molecule has 4 aromatic rings. The number of benzene rings is 4. The first-order valence-corrected chi connectivity index (χ1v) is 12.5. The molecule has 0 bridgehead atoms. The molecular weight excluding hydrogens is 560 g/mol. The van der Waals surface area contributed by atoms with Gasteiger partial charge in [-0.05, 0) is 45.8 Å². The predicted octanol–water partition coefficient (Wildman–Crippen LogP) is 7.94. The van der Waals surface area contributed by atoms with Gasteiger partial charge in [0.25, 0.3) is 0 Å². The summed E-state index contributed by atoms with van der Waals surface area (Å²) >= 11 is 9.73. The summed E-state index contributed by atoms with van der Waals surface area (Å²) in [6.45, 7) is 0.707. The molecule has 4 rings (SSSR count). The van der Waals surface area contributed by atoms with Gasteiger partial charge in [0.1, 0.15) is 11.5 Å². The van der Waals surface area contributed by atoms with Crippen LogP contribution in [0.2, 0.25) is 0 Å². The van der Waals surface area contributed by atoms with Gasteiger partial charge in [0.05, 0.1) is 6.61 Å². The molecule has 5 heteroatoms. The number of ether oxygens (including phenoxy) is 1. The zero-order valence-electron chi connectivity index (χ0n) is 15.9. The second-order valence-corrected chi connectivity index (χ2v) is 8.33. The van der Waals surface area contributed by atoms with E-state index in [-0.39, 0.29) is 0 Å². The lowest BCUT2D eigenvalue weighted by Gasteiger charge is -2.04. The Kier molecular flexibility index (Phi) is 11.1. The maximum Gasteiger partial charge on any atom is 0.119 e. The van der Waals surface area contributed by atoms with E-state index in [1.165, 1.54) is 10.8 Å². The van der Waals surface area contributed by atoms with Crippen molar-refractivity contribution in [1.29, 1.82) is 0 Å². The highest BCUT2D eigenvalue weighted by atomic mass is 79.9.